The summed E-state index contributed by atoms with van der Waals surface area (Å²) in [4.78, 5) is 12.0. The molecule has 0 spiro atoms. The Morgan fingerprint density at radius 3 is 2.95 bits per heavy atom. The smallest absolute Gasteiger partial charge is 0.319 e. The number of nitrogens with zero attached hydrogens (tertiary/aromatic N) is 1. The van der Waals surface area contributed by atoms with Crippen LogP contribution in [0.15, 0.2) is 28.8 Å². The molecule has 2 amide bonds. The summed E-state index contributed by atoms with van der Waals surface area (Å²) in [7, 11) is 0. The minimum Gasteiger partial charge on any atom is -0.371 e. The van der Waals surface area contributed by atoms with Crippen molar-refractivity contribution in [3.8, 4) is 0 Å². The third kappa shape index (κ3) is 2.96. The van der Waals surface area contributed by atoms with Crippen LogP contribution in [0.4, 0.5) is 10.5 Å². The van der Waals surface area contributed by atoms with Crippen molar-refractivity contribution in [1.82, 2.24) is 10.5 Å². The molecule has 2 N–H and O–H groups in total. The quantitative estimate of drug-likeness (QED) is 0.914. The van der Waals surface area contributed by atoms with Crippen LogP contribution in [0.5, 0.6) is 0 Å². The minimum atomic E-state index is -0.291. The number of benzene rings is 1. The molecular weight excluding hydrogens is 282 g/mol. The van der Waals surface area contributed by atoms with Gasteiger partial charge in [0.2, 0.25) is 0 Å². The predicted octanol–water partition coefficient (Wildman–Crippen LogP) is 2.73. The van der Waals surface area contributed by atoms with E-state index in [-0.39, 0.29) is 12.1 Å². The van der Waals surface area contributed by atoms with Gasteiger partial charge in [0.25, 0.3) is 0 Å². The van der Waals surface area contributed by atoms with Crippen molar-refractivity contribution in [2.45, 2.75) is 26.4 Å². The molecule has 2 aromatic rings. The molecular formula is C16H19N3O3. The van der Waals surface area contributed by atoms with Crippen LogP contribution in [0.25, 0.3) is 0 Å². The number of amides is 2. The molecule has 1 aromatic heterocycles. The van der Waals surface area contributed by atoms with Crippen LogP contribution in [-0.2, 0) is 11.2 Å². The molecule has 1 atom stereocenters. The lowest BCUT2D eigenvalue weighted by Gasteiger charge is -2.26. The van der Waals surface area contributed by atoms with Crippen LogP contribution in [0, 0.1) is 13.8 Å². The molecule has 6 heteroatoms. The summed E-state index contributed by atoms with van der Waals surface area (Å²) in [6.45, 7) is 4.64. The van der Waals surface area contributed by atoms with Gasteiger partial charge in [0.15, 0.2) is 5.76 Å². The molecule has 1 aromatic carbocycles. The van der Waals surface area contributed by atoms with Crippen molar-refractivity contribution in [3.63, 3.8) is 0 Å². The minimum absolute atomic E-state index is 0.111. The fourth-order valence-corrected chi connectivity index (χ4v) is 2.65. The topological polar surface area (TPSA) is 76.4 Å². The SMILES string of the molecule is Cc1noc(C)c1NC(=O)NC[C@H]1OCCc2ccccc21. The van der Waals surface area contributed by atoms with Crippen LogP contribution in [0.1, 0.15) is 28.7 Å². The van der Waals surface area contributed by atoms with Gasteiger partial charge in [0.05, 0.1) is 6.61 Å². The molecule has 0 radical (unpaired) electrons. The normalized spacial score (nSPS) is 16.9. The molecule has 0 unspecified atom stereocenters. The number of anilines is 1. The molecule has 0 saturated carbocycles. The molecule has 6 nitrogen and oxygen atoms in total. The van der Waals surface area contributed by atoms with E-state index in [4.69, 9.17) is 9.26 Å². The third-order valence-corrected chi connectivity index (χ3v) is 3.81. The maximum absolute atomic E-state index is 12.0. The number of carbonyl (C=O) groups is 1. The van der Waals surface area contributed by atoms with Gasteiger partial charge >= 0.3 is 6.03 Å². The lowest BCUT2D eigenvalue weighted by atomic mass is 9.98. The average Bonchev–Trinajstić information content (AvgIpc) is 2.85. The Morgan fingerprint density at radius 1 is 1.36 bits per heavy atom. The first-order valence-electron chi connectivity index (χ1n) is 7.32. The number of aromatic nitrogens is 1. The van der Waals surface area contributed by atoms with E-state index in [1.165, 1.54) is 5.56 Å². The van der Waals surface area contributed by atoms with Crippen LogP contribution in [-0.4, -0.2) is 24.3 Å². The fraction of sp³-hybridized carbons (Fsp3) is 0.375. The molecule has 22 heavy (non-hydrogen) atoms. The van der Waals surface area contributed by atoms with E-state index < -0.39 is 0 Å². The number of hydrogen-bond donors (Lipinski definition) is 2. The van der Waals surface area contributed by atoms with Gasteiger partial charge in [-0.2, -0.15) is 0 Å². The number of ether oxygens (including phenoxy) is 1. The van der Waals surface area contributed by atoms with Crippen molar-refractivity contribution >= 4 is 11.7 Å². The van der Waals surface area contributed by atoms with E-state index in [1.807, 2.05) is 18.2 Å². The summed E-state index contributed by atoms with van der Waals surface area (Å²) in [5.41, 5.74) is 3.70. The van der Waals surface area contributed by atoms with Crippen LogP contribution >= 0.6 is 0 Å². The van der Waals surface area contributed by atoms with Crippen LogP contribution in [0.3, 0.4) is 0 Å². The Morgan fingerprint density at radius 2 is 2.18 bits per heavy atom. The first-order chi connectivity index (χ1) is 10.6. The van der Waals surface area contributed by atoms with Crippen molar-refractivity contribution in [3.05, 3.63) is 46.8 Å². The van der Waals surface area contributed by atoms with E-state index >= 15 is 0 Å². The number of urea groups is 1. The Hall–Kier alpha value is -2.34. The lowest BCUT2D eigenvalue weighted by Crippen LogP contribution is -2.34. The Bertz CT molecular complexity index is 662. The summed E-state index contributed by atoms with van der Waals surface area (Å²) in [6, 6.07) is 7.88. The third-order valence-electron chi connectivity index (χ3n) is 3.81. The summed E-state index contributed by atoms with van der Waals surface area (Å²) >= 11 is 0. The van der Waals surface area contributed by atoms with Crippen molar-refractivity contribution < 1.29 is 14.1 Å². The number of nitrogens with one attached hydrogen (secondary N) is 2. The second kappa shape index (κ2) is 6.19. The van der Waals surface area contributed by atoms with Crippen LogP contribution < -0.4 is 10.6 Å². The molecule has 1 aliphatic heterocycles. The van der Waals surface area contributed by atoms with Crippen molar-refractivity contribution in [2.75, 3.05) is 18.5 Å². The number of aryl methyl sites for hydroxylation is 2. The van der Waals surface area contributed by atoms with Gasteiger partial charge in [-0.05, 0) is 31.4 Å². The van der Waals surface area contributed by atoms with Gasteiger partial charge in [-0.1, -0.05) is 29.4 Å². The summed E-state index contributed by atoms with van der Waals surface area (Å²) < 4.78 is 10.8. The maximum Gasteiger partial charge on any atom is 0.319 e. The molecule has 1 aliphatic rings. The summed E-state index contributed by atoms with van der Waals surface area (Å²) in [6.07, 6.45) is 0.804. The zero-order chi connectivity index (χ0) is 15.5. The van der Waals surface area contributed by atoms with Gasteiger partial charge in [0.1, 0.15) is 17.5 Å². The first-order valence-corrected chi connectivity index (χ1v) is 7.32. The van der Waals surface area contributed by atoms with E-state index in [0.717, 1.165) is 12.0 Å². The van der Waals surface area contributed by atoms with Crippen molar-refractivity contribution in [1.29, 1.82) is 0 Å². The molecule has 0 saturated heterocycles. The van der Waals surface area contributed by atoms with E-state index in [9.17, 15) is 4.79 Å². The number of carbonyl (C=O) groups excluding carboxylic acids is 1. The molecule has 116 valence electrons. The van der Waals surface area contributed by atoms with Crippen molar-refractivity contribution in [2.24, 2.45) is 0 Å². The van der Waals surface area contributed by atoms with E-state index in [1.54, 1.807) is 13.8 Å². The standard InChI is InChI=1S/C16H19N3O3/c1-10-15(11(2)22-19-10)18-16(20)17-9-14-13-6-4-3-5-12(13)7-8-21-14/h3-6,14H,7-9H2,1-2H3,(H2,17,18,20)/t14-/m1/s1. The molecule has 2 heterocycles. The lowest BCUT2D eigenvalue weighted by molar-refractivity contribution is 0.0444. The fourth-order valence-electron chi connectivity index (χ4n) is 2.65. The predicted molar refractivity (Wildman–Crippen MR) is 81.8 cm³/mol. The second-order valence-corrected chi connectivity index (χ2v) is 5.34. The molecule has 3 rings (SSSR count). The van der Waals surface area contributed by atoms with Gasteiger partial charge < -0.3 is 19.9 Å². The molecule has 0 fully saturated rings. The van der Waals surface area contributed by atoms with E-state index in [0.29, 0.717) is 30.3 Å². The number of hydrogen-bond acceptors (Lipinski definition) is 4. The van der Waals surface area contributed by atoms with Gasteiger partial charge in [-0.15, -0.1) is 0 Å². The number of fused-ring (bicyclic) bond motifs is 1. The largest absolute Gasteiger partial charge is 0.371 e. The zero-order valence-electron chi connectivity index (χ0n) is 12.7. The summed E-state index contributed by atoms with van der Waals surface area (Å²) in [5.74, 6) is 0.590. The average molecular weight is 301 g/mol. The highest BCUT2D eigenvalue weighted by molar-refractivity contribution is 5.90. The molecule has 0 aliphatic carbocycles. The zero-order valence-corrected chi connectivity index (χ0v) is 12.7. The summed E-state index contributed by atoms with van der Waals surface area (Å²) in [5, 5.41) is 9.41. The Kier molecular flexibility index (Phi) is 4.11. The second-order valence-electron chi connectivity index (χ2n) is 5.34. The van der Waals surface area contributed by atoms with Crippen LogP contribution in [0.2, 0.25) is 0 Å². The van der Waals surface area contributed by atoms with E-state index in [2.05, 4.69) is 21.9 Å². The highest BCUT2D eigenvalue weighted by Crippen LogP contribution is 2.26. The van der Waals surface area contributed by atoms with Gasteiger partial charge in [-0.3, -0.25) is 0 Å². The highest BCUT2D eigenvalue weighted by atomic mass is 16.5. The first kappa shape index (κ1) is 14.6. The highest BCUT2D eigenvalue weighted by Gasteiger charge is 2.21. The monoisotopic (exact) mass is 301 g/mol. The Balaban J connectivity index is 1.60. The Labute approximate surface area is 128 Å². The molecule has 0 bridgehead atoms. The van der Waals surface area contributed by atoms with Gasteiger partial charge in [-0.25, -0.2) is 4.79 Å². The van der Waals surface area contributed by atoms with Gasteiger partial charge in [0, 0.05) is 6.54 Å². The number of rotatable bonds is 3. The maximum atomic E-state index is 12.0.